The van der Waals surface area contributed by atoms with Crippen LogP contribution in [0.4, 0.5) is 5.69 Å². The fourth-order valence-corrected chi connectivity index (χ4v) is 15.1. The number of fused-ring (bicyclic) bond motifs is 5. The second kappa shape index (κ2) is 18.6. The molecule has 4 fully saturated rings. The molecule has 13 heteroatoms. The summed E-state index contributed by atoms with van der Waals surface area (Å²) in [5, 5.41) is 16.0. The van der Waals surface area contributed by atoms with Crippen molar-refractivity contribution >= 4 is 56.7 Å². The minimum absolute atomic E-state index is 0. The van der Waals surface area contributed by atoms with Gasteiger partial charge >= 0.3 is 0 Å². The van der Waals surface area contributed by atoms with Crippen LogP contribution >= 0.6 is 35.1 Å². The van der Waals surface area contributed by atoms with Gasteiger partial charge in [0.15, 0.2) is 0 Å². The minimum Gasteiger partial charge on any atom is -0.490 e. The number of sulfonamides is 1. The van der Waals surface area contributed by atoms with Gasteiger partial charge in [0.2, 0.25) is 10.0 Å². The van der Waals surface area contributed by atoms with E-state index < -0.39 is 26.8 Å². The van der Waals surface area contributed by atoms with Crippen LogP contribution in [0.25, 0.3) is 0 Å². The Hall–Kier alpha value is -1.93. The molecule has 320 valence electrons. The highest BCUT2D eigenvalue weighted by molar-refractivity contribution is 8.17. The monoisotopic (exact) mass is 872 g/mol. The van der Waals surface area contributed by atoms with Crippen molar-refractivity contribution < 1.29 is 23.1 Å². The summed E-state index contributed by atoms with van der Waals surface area (Å²) in [6.45, 7) is 10.5. The van der Waals surface area contributed by atoms with Crippen LogP contribution in [-0.2, 0) is 21.9 Å². The van der Waals surface area contributed by atoms with E-state index in [4.69, 9.17) is 16.3 Å². The first-order valence-electron chi connectivity index (χ1n) is 21.4. The van der Waals surface area contributed by atoms with E-state index in [-0.39, 0.29) is 40.7 Å². The SMILES string of the molecule is C.C1CCN2CCNC[C@H]2C1.C[C@@H]1[C@@H](C)C/C=C/[C@@](O)(C2SCCCS2)[C@@H]2CC[C@H]2CN2C[C@@]3(CCCc4cc(Cl)ccc43)COc3ccc(cc32)C(=O)NS1(=O)=O. The smallest absolute Gasteiger partial charge is 0.264 e. The molecule has 1 spiro atoms. The Balaban J connectivity index is 0.000000404. The molecule has 3 N–H and O–H groups in total. The van der Waals surface area contributed by atoms with E-state index in [9.17, 15) is 18.3 Å². The molecule has 0 radical (unpaired) electrons. The van der Waals surface area contributed by atoms with Crippen molar-refractivity contribution in [2.24, 2.45) is 17.8 Å². The summed E-state index contributed by atoms with van der Waals surface area (Å²) in [5.41, 5.74) is 2.32. The number of halogens is 1. The standard InChI is InChI=1S/C36H45ClN2O5S3.C8H16N2.CH4/c1-23-6-3-15-36(41,34-45-16-5-17-46-34)30-11-8-27(30)20-39-21-35(14-4-7-25-18-28(37)10-12-29(25)35)22-44-32-13-9-26(19-31(32)39)33(40)38-47(42,43)24(23)2;1-2-5-10-6-4-9-7-8(10)3-1;/h3,9-10,12-13,15,18-19,23-24,27,30,34,41H,4-8,11,14,16-17,20-22H2,1-2H3,(H,38,40);8-9H,1-7H2;1H4/b15-3+;;/t23-,24+,27-,30+,35-,36-;8-;/m01./s1. The molecule has 5 aliphatic heterocycles. The molecule has 58 heavy (non-hydrogen) atoms. The molecule has 9 nitrogen and oxygen atoms in total. The number of aliphatic hydroxyl groups is 1. The van der Waals surface area contributed by atoms with E-state index in [0.29, 0.717) is 31.9 Å². The van der Waals surface area contributed by atoms with Gasteiger partial charge in [-0.25, -0.2) is 13.1 Å². The van der Waals surface area contributed by atoms with Gasteiger partial charge in [-0.1, -0.05) is 50.6 Å². The molecule has 7 aliphatic rings. The number of piperazine rings is 1. The van der Waals surface area contributed by atoms with Gasteiger partial charge in [0.25, 0.3) is 5.91 Å². The van der Waals surface area contributed by atoms with Crippen molar-refractivity contribution in [3.05, 3.63) is 70.3 Å². The quantitative estimate of drug-likeness (QED) is 0.245. The highest BCUT2D eigenvalue weighted by Gasteiger charge is 2.52. The van der Waals surface area contributed by atoms with Gasteiger partial charge in [-0.2, -0.15) is 0 Å². The number of nitrogens with one attached hydrogen (secondary N) is 2. The normalized spacial score (nSPS) is 34.4. The third-order valence-electron chi connectivity index (χ3n) is 14.1. The second-order valence-corrected chi connectivity index (χ2v) is 22.9. The minimum atomic E-state index is -3.95. The second-order valence-electron chi connectivity index (χ2n) is 17.7. The Bertz CT molecular complexity index is 1890. The summed E-state index contributed by atoms with van der Waals surface area (Å²) in [4.78, 5) is 18.5. The zero-order valence-electron chi connectivity index (χ0n) is 33.6. The lowest BCUT2D eigenvalue weighted by atomic mass is 9.64. The largest absolute Gasteiger partial charge is 0.490 e. The Morgan fingerprint density at radius 3 is 2.60 bits per heavy atom. The number of carbonyl (C=O) groups is 1. The van der Waals surface area contributed by atoms with E-state index in [1.807, 2.05) is 54.7 Å². The van der Waals surface area contributed by atoms with Crippen LogP contribution in [0.5, 0.6) is 5.75 Å². The average Bonchev–Trinajstić information content (AvgIpc) is 3.35. The Labute approximate surface area is 361 Å². The molecule has 0 unspecified atom stereocenters. The first-order valence-corrected chi connectivity index (χ1v) is 25.4. The molecule has 2 aromatic rings. The fourth-order valence-electron chi connectivity index (χ4n) is 10.4. The van der Waals surface area contributed by atoms with E-state index in [1.165, 1.54) is 56.6 Å². The molecule has 2 aliphatic carbocycles. The molecule has 1 amide bonds. The fraction of sp³-hybridized carbons (Fsp3) is 0.667. The number of aryl methyl sites for hydroxylation is 1. The number of nitrogens with zero attached hydrogens (tertiary/aromatic N) is 2. The van der Waals surface area contributed by atoms with Crippen LogP contribution < -0.4 is 19.7 Å². The third-order valence-corrected chi connectivity index (χ3v) is 19.5. The summed E-state index contributed by atoms with van der Waals surface area (Å²) in [7, 11) is -3.95. The van der Waals surface area contributed by atoms with Crippen molar-refractivity contribution in [1.29, 1.82) is 0 Å². The van der Waals surface area contributed by atoms with Crippen LogP contribution in [0.1, 0.15) is 101 Å². The number of anilines is 1. The van der Waals surface area contributed by atoms with E-state index in [1.54, 1.807) is 19.1 Å². The lowest BCUT2D eigenvalue weighted by Crippen LogP contribution is -2.55. The Kier molecular flexibility index (Phi) is 14.1. The van der Waals surface area contributed by atoms with Crippen LogP contribution in [-0.4, -0.2) is 103 Å². The summed E-state index contributed by atoms with van der Waals surface area (Å²) in [6, 6.07) is 12.4. The number of carbonyl (C=O) groups excluding carboxylic acids is 1. The maximum Gasteiger partial charge on any atom is 0.264 e. The van der Waals surface area contributed by atoms with Crippen LogP contribution in [0.2, 0.25) is 5.02 Å². The molecule has 2 aromatic carbocycles. The van der Waals surface area contributed by atoms with E-state index >= 15 is 0 Å². The topological polar surface area (TPSA) is 111 Å². The van der Waals surface area contributed by atoms with E-state index in [0.717, 1.165) is 66.8 Å². The number of hydrogen-bond acceptors (Lipinski definition) is 10. The van der Waals surface area contributed by atoms with Gasteiger partial charge in [-0.3, -0.25) is 9.69 Å². The molecular weight excluding hydrogens is 808 g/mol. The lowest BCUT2D eigenvalue weighted by Gasteiger charge is -2.51. The van der Waals surface area contributed by atoms with Gasteiger partial charge in [0.1, 0.15) is 11.4 Å². The maximum absolute atomic E-state index is 13.5. The predicted octanol–water partition coefficient (Wildman–Crippen LogP) is 7.89. The van der Waals surface area contributed by atoms with Crippen molar-refractivity contribution in [2.45, 2.75) is 112 Å². The van der Waals surface area contributed by atoms with Crippen molar-refractivity contribution in [3.8, 4) is 5.75 Å². The lowest BCUT2D eigenvalue weighted by molar-refractivity contribution is -0.0333. The van der Waals surface area contributed by atoms with Gasteiger partial charge in [0.05, 0.1) is 22.1 Å². The van der Waals surface area contributed by atoms with Crippen molar-refractivity contribution in [2.75, 3.05) is 62.3 Å². The molecule has 7 atom stereocenters. The summed E-state index contributed by atoms with van der Waals surface area (Å²) >= 11 is 10.2. The number of ether oxygens (including phenoxy) is 1. The van der Waals surface area contributed by atoms with Gasteiger partial charge in [-0.05, 0) is 142 Å². The number of amides is 1. The zero-order valence-corrected chi connectivity index (χ0v) is 36.8. The third kappa shape index (κ3) is 9.14. The average molecular weight is 874 g/mol. The van der Waals surface area contributed by atoms with E-state index in [2.05, 4.69) is 32.0 Å². The summed E-state index contributed by atoms with van der Waals surface area (Å²) in [6.07, 6.45) is 14.8. The summed E-state index contributed by atoms with van der Waals surface area (Å²) < 4.78 is 35.9. The summed E-state index contributed by atoms with van der Waals surface area (Å²) in [5.74, 6) is 2.18. The first-order chi connectivity index (χ1) is 27.5. The van der Waals surface area contributed by atoms with Gasteiger partial charge in [-0.15, -0.1) is 23.5 Å². The number of rotatable bonds is 1. The van der Waals surface area contributed by atoms with Crippen molar-refractivity contribution in [1.82, 2.24) is 14.9 Å². The molecular formula is C45H65ClN4O5S3. The van der Waals surface area contributed by atoms with Crippen LogP contribution in [0.15, 0.2) is 48.6 Å². The Morgan fingerprint density at radius 2 is 1.83 bits per heavy atom. The first kappa shape index (κ1) is 44.1. The van der Waals surface area contributed by atoms with Gasteiger partial charge in [0, 0.05) is 54.8 Å². The predicted molar refractivity (Wildman–Crippen MR) is 242 cm³/mol. The zero-order chi connectivity index (χ0) is 39.8. The number of hydrogen-bond donors (Lipinski definition) is 3. The molecule has 1 saturated carbocycles. The number of thioether (sulfide) groups is 2. The Morgan fingerprint density at radius 1 is 1.00 bits per heavy atom. The number of allylic oxidation sites excluding steroid dienone is 1. The maximum atomic E-state index is 13.5. The van der Waals surface area contributed by atoms with Crippen molar-refractivity contribution in [3.63, 3.8) is 0 Å². The highest BCUT2D eigenvalue weighted by Crippen LogP contribution is 2.53. The number of benzene rings is 2. The molecule has 5 heterocycles. The van der Waals surface area contributed by atoms with Gasteiger partial charge < -0.3 is 20.1 Å². The molecule has 0 aromatic heterocycles. The highest BCUT2D eigenvalue weighted by atomic mass is 35.5. The molecule has 2 bridgehead atoms. The number of piperidine rings is 1. The molecule has 3 saturated heterocycles. The van der Waals surface area contributed by atoms with Crippen LogP contribution in [0, 0.1) is 17.8 Å². The van der Waals surface area contributed by atoms with Crippen LogP contribution in [0.3, 0.4) is 0 Å². The molecule has 9 rings (SSSR count).